The summed E-state index contributed by atoms with van der Waals surface area (Å²) in [5.41, 5.74) is 0. The summed E-state index contributed by atoms with van der Waals surface area (Å²) in [6, 6.07) is 7.26. The van der Waals surface area contributed by atoms with E-state index in [-0.39, 0.29) is 5.91 Å². The molecule has 22 heavy (non-hydrogen) atoms. The smallest absolute Gasteiger partial charge is 0.220 e. The van der Waals surface area contributed by atoms with Crippen LogP contribution in [0.2, 0.25) is 5.02 Å². The zero-order valence-corrected chi connectivity index (χ0v) is 14.5. The molecule has 0 fully saturated rings. The van der Waals surface area contributed by atoms with Gasteiger partial charge in [0.2, 0.25) is 5.91 Å². The minimum Gasteiger partial charge on any atom is -0.494 e. The molecule has 4 heteroatoms. The van der Waals surface area contributed by atoms with Crippen molar-refractivity contribution in [3.63, 3.8) is 0 Å². The van der Waals surface area contributed by atoms with Crippen LogP contribution in [0.5, 0.6) is 5.75 Å². The SMILES string of the molecule is CCCC[C@@H](CC)CNC(=O)CCCOc1ccc(Cl)cc1. The van der Waals surface area contributed by atoms with Gasteiger partial charge in [0.15, 0.2) is 0 Å². The van der Waals surface area contributed by atoms with E-state index in [4.69, 9.17) is 16.3 Å². The summed E-state index contributed by atoms with van der Waals surface area (Å²) in [4.78, 5) is 11.8. The molecule has 0 aromatic heterocycles. The van der Waals surface area contributed by atoms with Crippen LogP contribution in [0.4, 0.5) is 0 Å². The van der Waals surface area contributed by atoms with Gasteiger partial charge >= 0.3 is 0 Å². The molecule has 1 aromatic carbocycles. The number of ether oxygens (including phenoxy) is 1. The van der Waals surface area contributed by atoms with Gasteiger partial charge in [0, 0.05) is 18.0 Å². The Hall–Kier alpha value is -1.22. The predicted molar refractivity (Wildman–Crippen MR) is 92.5 cm³/mol. The monoisotopic (exact) mass is 325 g/mol. The lowest BCUT2D eigenvalue weighted by molar-refractivity contribution is -0.121. The average molecular weight is 326 g/mol. The number of nitrogens with one attached hydrogen (secondary N) is 1. The molecule has 0 spiro atoms. The van der Waals surface area contributed by atoms with Crippen LogP contribution in [-0.2, 0) is 4.79 Å². The fraction of sp³-hybridized carbons (Fsp3) is 0.611. The number of hydrogen-bond donors (Lipinski definition) is 1. The van der Waals surface area contributed by atoms with Crippen molar-refractivity contribution in [1.29, 1.82) is 0 Å². The summed E-state index contributed by atoms with van der Waals surface area (Å²) in [7, 11) is 0. The second-order valence-corrected chi connectivity index (χ2v) is 6.06. The molecule has 0 saturated heterocycles. The number of benzene rings is 1. The molecule has 0 unspecified atom stereocenters. The Morgan fingerprint density at radius 2 is 1.95 bits per heavy atom. The lowest BCUT2D eigenvalue weighted by Crippen LogP contribution is -2.29. The van der Waals surface area contributed by atoms with Crippen molar-refractivity contribution >= 4 is 17.5 Å². The first-order chi connectivity index (χ1) is 10.7. The molecule has 3 nitrogen and oxygen atoms in total. The molecule has 0 bridgehead atoms. The summed E-state index contributed by atoms with van der Waals surface area (Å²) in [5.74, 6) is 1.51. The quantitative estimate of drug-likeness (QED) is 0.592. The highest BCUT2D eigenvalue weighted by Crippen LogP contribution is 2.15. The van der Waals surface area contributed by atoms with E-state index in [0.717, 1.165) is 25.1 Å². The molecule has 1 rings (SSSR count). The van der Waals surface area contributed by atoms with E-state index in [1.807, 2.05) is 12.1 Å². The molecular weight excluding hydrogens is 298 g/mol. The van der Waals surface area contributed by atoms with Gasteiger partial charge in [-0.05, 0) is 43.0 Å². The highest BCUT2D eigenvalue weighted by Gasteiger charge is 2.08. The second-order valence-electron chi connectivity index (χ2n) is 5.63. The summed E-state index contributed by atoms with van der Waals surface area (Å²) in [6.07, 6.45) is 6.01. The van der Waals surface area contributed by atoms with Crippen LogP contribution in [0.25, 0.3) is 0 Å². The molecule has 1 aromatic rings. The minimum absolute atomic E-state index is 0.120. The first kappa shape index (κ1) is 18.8. The average Bonchev–Trinajstić information content (AvgIpc) is 2.53. The van der Waals surface area contributed by atoms with Crippen LogP contribution in [0.15, 0.2) is 24.3 Å². The van der Waals surface area contributed by atoms with Crippen molar-refractivity contribution in [1.82, 2.24) is 5.32 Å². The number of amides is 1. The van der Waals surface area contributed by atoms with Crippen LogP contribution in [0.1, 0.15) is 52.4 Å². The third kappa shape index (κ3) is 8.28. The Balaban J connectivity index is 2.11. The highest BCUT2D eigenvalue weighted by atomic mass is 35.5. The molecule has 0 saturated carbocycles. The fourth-order valence-corrected chi connectivity index (χ4v) is 2.37. The van der Waals surface area contributed by atoms with Crippen molar-refractivity contribution < 1.29 is 9.53 Å². The van der Waals surface area contributed by atoms with E-state index < -0.39 is 0 Å². The van der Waals surface area contributed by atoms with Gasteiger partial charge in [-0.3, -0.25) is 4.79 Å². The van der Waals surface area contributed by atoms with Crippen LogP contribution in [0.3, 0.4) is 0 Å². The first-order valence-corrected chi connectivity index (χ1v) is 8.68. The van der Waals surface area contributed by atoms with Gasteiger partial charge in [0.05, 0.1) is 6.61 Å². The number of hydrogen-bond acceptors (Lipinski definition) is 2. The Bertz CT molecular complexity index is 420. The molecule has 0 radical (unpaired) electrons. The van der Waals surface area contributed by atoms with E-state index >= 15 is 0 Å². The molecule has 1 N–H and O–H groups in total. The van der Waals surface area contributed by atoms with Crippen LogP contribution >= 0.6 is 11.6 Å². The Morgan fingerprint density at radius 3 is 2.59 bits per heavy atom. The normalized spacial score (nSPS) is 12.0. The largest absolute Gasteiger partial charge is 0.494 e. The maximum Gasteiger partial charge on any atom is 0.220 e. The molecule has 0 heterocycles. The maximum atomic E-state index is 11.8. The zero-order chi connectivity index (χ0) is 16.2. The predicted octanol–water partition coefficient (Wildman–Crippen LogP) is 4.83. The van der Waals surface area contributed by atoms with E-state index in [1.54, 1.807) is 12.1 Å². The van der Waals surface area contributed by atoms with Gasteiger partial charge in [-0.15, -0.1) is 0 Å². The summed E-state index contributed by atoms with van der Waals surface area (Å²) >= 11 is 5.81. The molecule has 0 aliphatic heterocycles. The topological polar surface area (TPSA) is 38.3 Å². The lowest BCUT2D eigenvalue weighted by Gasteiger charge is -2.15. The molecule has 0 aliphatic carbocycles. The standard InChI is InChI=1S/C18H28ClNO2/c1-3-5-7-15(4-2)14-20-18(21)8-6-13-22-17-11-9-16(19)10-12-17/h9-12,15H,3-8,13-14H2,1-2H3,(H,20,21)/t15-/m1/s1. The van der Waals surface area contributed by atoms with Crippen molar-refractivity contribution in [3.8, 4) is 5.75 Å². The molecule has 1 amide bonds. The first-order valence-electron chi connectivity index (χ1n) is 8.30. The van der Waals surface area contributed by atoms with Crippen LogP contribution < -0.4 is 10.1 Å². The summed E-state index contributed by atoms with van der Waals surface area (Å²) in [6.45, 7) is 5.73. The molecular formula is C18H28ClNO2. The van der Waals surface area contributed by atoms with Gasteiger partial charge in [-0.2, -0.15) is 0 Å². The van der Waals surface area contributed by atoms with Gasteiger partial charge < -0.3 is 10.1 Å². The van der Waals surface area contributed by atoms with E-state index in [2.05, 4.69) is 19.2 Å². The number of rotatable bonds is 11. The second kappa shape index (κ2) is 11.4. The summed E-state index contributed by atoms with van der Waals surface area (Å²) in [5, 5.41) is 3.73. The number of carbonyl (C=O) groups is 1. The Kier molecular flexibility index (Phi) is 9.72. The minimum atomic E-state index is 0.120. The highest BCUT2D eigenvalue weighted by molar-refractivity contribution is 6.30. The van der Waals surface area contributed by atoms with Crippen molar-refractivity contribution in [2.45, 2.75) is 52.4 Å². The number of unbranched alkanes of at least 4 members (excludes halogenated alkanes) is 1. The van der Waals surface area contributed by atoms with E-state index in [0.29, 0.717) is 24.0 Å². The summed E-state index contributed by atoms with van der Waals surface area (Å²) < 4.78 is 5.57. The van der Waals surface area contributed by atoms with Gasteiger partial charge in [-0.1, -0.05) is 44.7 Å². The van der Waals surface area contributed by atoms with Crippen LogP contribution in [0, 0.1) is 5.92 Å². The maximum absolute atomic E-state index is 11.8. The zero-order valence-electron chi connectivity index (χ0n) is 13.7. The lowest BCUT2D eigenvalue weighted by atomic mass is 9.99. The van der Waals surface area contributed by atoms with Gasteiger partial charge in [0.25, 0.3) is 0 Å². The Labute approximate surface area is 139 Å². The molecule has 0 aliphatic rings. The fourth-order valence-electron chi connectivity index (χ4n) is 2.24. The van der Waals surface area contributed by atoms with Crippen LogP contribution in [-0.4, -0.2) is 19.1 Å². The van der Waals surface area contributed by atoms with Crippen molar-refractivity contribution in [2.75, 3.05) is 13.2 Å². The molecule has 124 valence electrons. The van der Waals surface area contributed by atoms with Gasteiger partial charge in [-0.25, -0.2) is 0 Å². The van der Waals surface area contributed by atoms with Crippen molar-refractivity contribution in [2.24, 2.45) is 5.92 Å². The molecule has 1 atom stereocenters. The van der Waals surface area contributed by atoms with Gasteiger partial charge in [0.1, 0.15) is 5.75 Å². The van der Waals surface area contributed by atoms with E-state index in [1.165, 1.54) is 19.3 Å². The van der Waals surface area contributed by atoms with Crippen molar-refractivity contribution in [3.05, 3.63) is 29.3 Å². The third-order valence-electron chi connectivity index (χ3n) is 3.76. The van der Waals surface area contributed by atoms with E-state index in [9.17, 15) is 4.79 Å². The number of halogens is 1. The third-order valence-corrected chi connectivity index (χ3v) is 4.01. The number of carbonyl (C=O) groups excluding carboxylic acids is 1. The Morgan fingerprint density at radius 1 is 1.23 bits per heavy atom.